The monoisotopic (exact) mass is 347 g/mol. The summed E-state index contributed by atoms with van der Waals surface area (Å²) in [5, 5.41) is 2.60. The molecule has 1 saturated heterocycles. The summed E-state index contributed by atoms with van der Waals surface area (Å²) in [6.45, 7) is 1.96. The zero-order valence-corrected chi connectivity index (χ0v) is 13.9. The van der Waals surface area contributed by atoms with Gasteiger partial charge in [-0.25, -0.2) is 13.4 Å². The molecule has 1 aromatic carbocycles. The lowest BCUT2D eigenvalue weighted by molar-refractivity contribution is -0.114. The molecular formula is C16H17N3O4S. The minimum absolute atomic E-state index is 0.188. The Morgan fingerprint density at radius 1 is 1.21 bits per heavy atom. The van der Waals surface area contributed by atoms with Crippen LogP contribution in [0.4, 0.5) is 5.69 Å². The highest BCUT2D eigenvalue weighted by Gasteiger charge is 2.38. The molecule has 0 aliphatic carbocycles. The zero-order chi connectivity index (χ0) is 17.2. The summed E-state index contributed by atoms with van der Waals surface area (Å²) in [6.07, 6.45) is 1.42. The highest BCUT2D eigenvalue weighted by atomic mass is 32.2. The smallest absolute Gasteiger partial charge is 0.243 e. The Kier molecular flexibility index (Phi) is 4.50. The molecule has 8 heteroatoms. The van der Waals surface area contributed by atoms with E-state index in [9.17, 15) is 13.2 Å². The van der Waals surface area contributed by atoms with Crippen LogP contribution >= 0.6 is 0 Å². The van der Waals surface area contributed by atoms with Crippen LogP contribution in [0.15, 0.2) is 53.6 Å². The van der Waals surface area contributed by atoms with E-state index in [1.807, 2.05) is 6.07 Å². The molecule has 0 bridgehead atoms. The Morgan fingerprint density at radius 3 is 2.50 bits per heavy atom. The van der Waals surface area contributed by atoms with Crippen LogP contribution in [0.2, 0.25) is 0 Å². The number of pyridine rings is 1. The number of hydrogen-bond acceptors (Lipinski definition) is 5. The molecule has 1 N–H and O–H groups in total. The van der Waals surface area contributed by atoms with Gasteiger partial charge in [-0.3, -0.25) is 4.79 Å². The van der Waals surface area contributed by atoms with Crippen LogP contribution in [-0.2, 0) is 14.8 Å². The lowest BCUT2D eigenvalue weighted by Crippen LogP contribution is -2.56. The lowest BCUT2D eigenvalue weighted by atomic mass is 10.2. The highest BCUT2D eigenvalue weighted by Crippen LogP contribution is 2.25. The number of carbonyl (C=O) groups is 1. The largest absolute Gasteiger partial charge is 0.472 e. The number of benzene rings is 1. The van der Waals surface area contributed by atoms with Gasteiger partial charge in [0.15, 0.2) is 0 Å². The second kappa shape index (κ2) is 6.58. The van der Waals surface area contributed by atoms with E-state index in [0.717, 1.165) is 0 Å². The fourth-order valence-corrected chi connectivity index (χ4v) is 3.82. The maximum absolute atomic E-state index is 12.5. The van der Waals surface area contributed by atoms with Gasteiger partial charge in [-0.05, 0) is 30.3 Å². The van der Waals surface area contributed by atoms with Crippen LogP contribution in [0.5, 0.6) is 5.88 Å². The third-order valence-electron chi connectivity index (χ3n) is 3.55. The van der Waals surface area contributed by atoms with Crippen molar-refractivity contribution in [3.63, 3.8) is 0 Å². The molecule has 2 aromatic rings. The minimum atomic E-state index is -3.55. The fraction of sp³-hybridized carbons (Fsp3) is 0.250. The molecule has 1 amide bonds. The van der Waals surface area contributed by atoms with Crippen molar-refractivity contribution in [1.82, 2.24) is 9.29 Å². The van der Waals surface area contributed by atoms with Gasteiger partial charge >= 0.3 is 0 Å². The van der Waals surface area contributed by atoms with Gasteiger partial charge in [0.2, 0.25) is 21.8 Å². The van der Waals surface area contributed by atoms with Gasteiger partial charge in [0.25, 0.3) is 0 Å². The maximum Gasteiger partial charge on any atom is 0.243 e. The average Bonchev–Trinajstić information content (AvgIpc) is 2.51. The number of ether oxygens (including phenoxy) is 1. The van der Waals surface area contributed by atoms with Gasteiger partial charge < -0.3 is 10.1 Å². The quantitative estimate of drug-likeness (QED) is 0.885. The van der Waals surface area contributed by atoms with E-state index in [0.29, 0.717) is 11.6 Å². The van der Waals surface area contributed by atoms with E-state index in [2.05, 4.69) is 10.3 Å². The predicted octanol–water partition coefficient (Wildman–Crippen LogP) is 1.49. The third kappa shape index (κ3) is 3.55. The normalized spacial score (nSPS) is 15.5. The minimum Gasteiger partial charge on any atom is -0.472 e. The van der Waals surface area contributed by atoms with Crippen molar-refractivity contribution in [3.8, 4) is 5.88 Å². The Morgan fingerprint density at radius 2 is 1.92 bits per heavy atom. The average molecular weight is 347 g/mol. The SMILES string of the molecule is CC(=O)Nc1ccc(S(=O)(=O)N2CC(Oc3ccccn3)C2)cc1. The van der Waals surface area contributed by atoms with E-state index >= 15 is 0 Å². The predicted molar refractivity (Wildman–Crippen MR) is 88.2 cm³/mol. The van der Waals surface area contributed by atoms with Crippen LogP contribution < -0.4 is 10.1 Å². The molecular weight excluding hydrogens is 330 g/mol. The van der Waals surface area contributed by atoms with Crippen LogP contribution in [-0.4, -0.2) is 42.8 Å². The van der Waals surface area contributed by atoms with Crippen molar-refractivity contribution in [3.05, 3.63) is 48.7 Å². The van der Waals surface area contributed by atoms with Gasteiger partial charge in [0, 0.05) is 24.9 Å². The number of sulfonamides is 1. The lowest BCUT2D eigenvalue weighted by Gasteiger charge is -2.37. The second-order valence-electron chi connectivity index (χ2n) is 5.44. The number of hydrogen-bond donors (Lipinski definition) is 1. The summed E-state index contributed by atoms with van der Waals surface area (Å²) in [7, 11) is -3.55. The standard InChI is InChI=1S/C16H17N3O4S/c1-12(20)18-13-5-7-15(8-6-13)24(21,22)19-10-14(11-19)23-16-4-2-3-9-17-16/h2-9,14H,10-11H2,1H3,(H,18,20). The molecule has 2 heterocycles. The molecule has 1 aromatic heterocycles. The van der Waals surface area contributed by atoms with E-state index < -0.39 is 10.0 Å². The highest BCUT2D eigenvalue weighted by molar-refractivity contribution is 7.89. The first kappa shape index (κ1) is 16.4. The van der Waals surface area contributed by atoms with E-state index in [4.69, 9.17) is 4.74 Å². The number of nitrogens with zero attached hydrogens (tertiary/aromatic N) is 2. The number of amides is 1. The van der Waals surface area contributed by atoms with Gasteiger partial charge in [-0.2, -0.15) is 4.31 Å². The Hall–Kier alpha value is -2.45. The van der Waals surface area contributed by atoms with Crippen molar-refractivity contribution in [1.29, 1.82) is 0 Å². The van der Waals surface area contributed by atoms with Crippen molar-refractivity contribution >= 4 is 21.6 Å². The molecule has 1 fully saturated rings. The summed E-state index contributed by atoms with van der Waals surface area (Å²) in [4.78, 5) is 15.2. The van der Waals surface area contributed by atoms with Crippen molar-refractivity contribution in [2.75, 3.05) is 18.4 Å². The topological polar surface area (TPSA) is 88.6 Å². The van der Waals surface area contributed by atoms with E-state index in [1.54, 1.807) is 30.5 Å². The van der Waals surface area contributed by atoms with E-state index in [-0.39, 0.29) is 30.0 Å². The van der Waals surface area contributed by atoms with Crippen LogP contribution in [0.3, 0.4) is 0 Å². The zero-order valence-electron chi connectivity index (χ0n) is 13.0. The van der Waals surface area contributed by atoms with E-state index in [1.165, 1.54) is 23.4 Å². The van der Waals surface area contributed by atoms with Gasteiger partial charge in [0.05, 0.1) is 18.0 Å². The van der Waals surface area contributed by atoms with Gasteiger partial charge in [0.1, 0.15) is 6.10 Å². The second-order valence-corrected chi connectivity index (χ2v) is 7.37. The molecule has 1 aliphatic heterocycles. The molecule has 1 aliphatic rings. The molecule has 0 spiro atoms. The molecule has 0 unspecified atom stereocenters. The van der Waals surface area contributed by atoms with Crippen LogP contribution in [0, 0.1) is 0 Å². The Labute approximate surface area is 140 Å². The summed E-state index contributed by atoms with van der Waals surface area (Å²) < 4.78 is 32.0. The molecule has 24 heavy (non-hydrogen) atoms. The molecule has 0 radical (unpaired) electrons. The van der Waals surface area contributed by atoms with Crippen LogP contribution in [0.1, 0.15) is 6.92 Å². The number of carbonyl (C=O) groups excluding carboxylic acids is 1. The molecule has 7 nitrogen and oxygen atoms in total. The molecule has 0 atom stereocenters. The third-order valence-corrected chi connectivity index (χ3v) is 5.40. The Balaban J connectivity index is 1.62. The number of anilines is 1. The van der Waals surface area contributed by atoms with Gasteiger partial charge in [-0.1, -0.05) is 6.07 Å². The maximum atomic E-state index is 12.5. The number of aromatic nitrogens is 1. The number of nitrogens with one attached hydrogen (secondary N) is 1. The number of rotatable bonds is 5. The summed E-state index contributed by atoms with van der Waals surface area (Å²) >= 11 is 0. The summed E-state index contributed by atoms with van der Waals surface area (Å²) in [5.41, 5.74) is 0.557. The first-order chi connectivity index (χ1) is 11.4. The molecule has 0 saturated carbocycles. The van der Waals surface area contributed by atoms with Crippen molar-refractivity contribution in [2.45, 2.75) is 17.9 Å². The van der Waals surface area contributed by atoms with Crippen molar-refractivity contribution in [2.24, 2.45) is 0 Å². The fourth-order valence-electron chi connectivity index (χ4n) is 2.32. The molecule has 126 valence electrons. The van der Waals surface area contributed by atoms with Crippen molar-refractivity contribution < 1.29 is 17.9 Å². The first-order valence-electron chi connectivity index (χ1n) is 7.40. The van der Waals surface area contributed by atoms with Gasteiger partial charge in [-0.15, -0.1) is 0 Å². The Bertz CT molecular complexity index is 816. The summed E-state index contributed by atoms with van der Waals surface area (Å²) in [5.74, 6) is 0.280. The van der Waals surface area contributed by atoms with Crippen LogP contribution in [0.25, 0.3) is 0 Å². The first-order valence-corrected chi connectivity index (χ1v) is 8.84. The molecule has 3 rings (SSSR count). The summed E-state index contributed by atoms with van der Waals surface area (Å²) in [6, 6.07) is 11.4.